The van der Waals surface area contributed by atoms with Crippen molar-refractivity contribution in [2.45, 2.75) is 25.5 Å². The molecule has 1 aromatic rings. The van der Waals surface area contributed by atoms with Crippen molar-refractivity contribution in [1.82, 2.24) is 9.55 Å². The summed E-state index contributed by atoms with van der Waals surface area (Å²) in [6, 6.07) is 0. The molecular formula is C9H11ClN2O2. The second kappa shape index (κ2) is 4.11. The summed E-state index contributed by atoms with van der Waals surface area (Å²) >= 11 is 5.61. The summed E-state index contributed by atoms with van der Waals surface area (Å²) < 4.78 is 6.98. The van der Waals surface area contributed by atoms with Crippen molar-refractivity contribution < 1.29 is 4.74 Å². The van der Waals surface area contributed by atoms with E-state index in [-0.39, 0.29) is 16.8 Å². The van der Waals surface area contributed by atoms with Crippen molar-refractivity contribution in [2.24, 2.45) is 0 Å². The fourth-order valence-corrected chi connectivity index (χ4v) is 1.74. The van der Waals surface area contributed by atoms with Gasteiger partial charge < -0.3 is 9.30 Å². The van der Waals surface area contributed by atoms with E-state index >= 15 is 0 Å². The predicted molar refractivity (Wildman–Crippen MR) is 52.5 cm³/mol. The van der Waals surface area contributed by atoms with Gasteiger partial charge in [-0.2, -0.15) is 0 Å². The standard InChI is InChI=1S/C9H11ClN2O2/c10-8-9(13)12(4-3-11-8)6-7-2-1-5-14-7/h3-4,7H,1-2,5-6H2/t7-/m0/s1. The molecule has 1 fully saturated rings. The first-order chi connectivity index (χ1) is 6.77. The van der Waals surface area contributed by atoms with Gasteiger partial charge in [-0.1, -0.05) is 11.6 Å². The van der Waals surface area contributed by atoms with Crippen molar-refractivity contribution in [3.63, 3.8) is 0 Å². The Bertz CT molecular complexity index is 371. The second-order valence-corrected chi connectivity index (χ2v) is 3.67. The van der Waals surface area contributed by atoms with Crippen LogP contribution < -0.4 is 5.56 Å². The number of hydrogen-bond acceptors (Lipinski definition) is 3. The van der Waals surface area contributed by atoms with Crippen molar-refractivity contribution in [1.29, 1.82) is 0 Å². The molecule has 14 heavy (non-hydrogen) atoms. The van der Waals surface area contributed by atoms with Crippen molar-refractivity contribution in [3.05, 3.63) is 27.9 Å². The van der Waals surface area contributed by atoms with Gasteiger partial charge in [0.1, 0.15) is 0 Å². The van der Waals surface area contributed by atoms with Gasteiger partial charge >= 0.3 is 0 Å². The zero-order chi connectivity index (χ0) is 9.97. The summed E-state index contributed by atoms with van der Waals surface area (Å²) in [4.78, 5) is 15.2. The normalized spacial score (nSPS) is 21.4. The van der Waals surface area contributed by atoms with E-state index in [0.717, 1.165) is 19.4 Å². The summed E-state index contributed by atoms with van der Waals surface area (Å²) in [6.45, 7) is 1.36. The number of aromatic nitrogens is 2. The van der Waals surface area contributed by atoms with E-state index in [0.29, 0.717) is 6.54 Å². The van der Waals surface area contributed by atoms with Gasteiger partial charge in [-0.25, -0.2) is 4.98 Å². The highest BCUT2D eigenvalue weighted by molar-refractivity contribution is 6.29. The Morgan fingerprint density at radius 2 is 2.57 bits per heavy atom. The Labute approximate surface area is 86.5 Å². The molecule has 5 heteroatoms. The van der Waals surface area contributed by atoms with Crippen LogP contribution in [0, 0.1) is 0 Å². The molecule has 0 bridgehead atoms. The molecule has 1 aliphatic heterocycles. The maximum Gasteiger partial charge on any atom is 0.288 e. The molecule has 0 aromatic carbocycles. The molecule has 1 aromatic heterocycles. The van der Waals surface area contributed by atoms with Crippen LogP contribution in [-0.2, 0) is 11.3 Å². The molecule has 4 nitrogen and oxygen atoms in total. The highest BCUT2D eigenvalue weighted by atomic mass is 35.5. The van der Waals surface area contributed by atoms with Crippen molar-refractivity contribution in [3.8, 4) is 0 Å². The lowest BCUT2D eigenvalue weighted by molar-refractivity contribution is 0.0961. The minimum absolute atomic E-state index is 0.0190. The minimum Gasteiger partial charge on any atom is -0.376 e. The van der Waals surface area contributed by atoms with Crippen LogP contribution in [0.15, 0.2) is 17.2 Å². The molecule has 76 valence electrons. The lowest BCUT2D eigenvalue weighted by Crippen LogP contribution is -2.26. The van der Waals surface area contributed by atoms with E-state index in [9.17, 15) is 4.79 Å². The fourth-order valence-electron chi connectivity index (χ4n) is 1.57. The largest absolute Gasteiger partial charge is 0.376 e. The maximum atomic E-state index is 11.5. The van der Waals surface area contributed by atoms with Crippen molar-refractivity contribution in [2.75, 3.05) is 6.61 Å². The molecular weight excluding hydrogens is 204 g/mol. The van der Waals surface area contributed by atoms with E-state index in [4.69, 9.17) is 16.3 Å². The fraction of sp³-hybridized carbons (Fsp3) is 0.556. The van der Waals surface area contributed by atoms with Crippen LogP contribution in [0.3, 0.4) is 0 Å². The maximum absolute atomic E-state index is 11.5. The number of ether oxygens (including phenoxy) is 1. The van der Waals surface area contributed by atoms with Crippen LogP contribution in [-0.4, -0.2) is 22.3 Å². The first kappa shape index (κ1) is 9.68. The Morgan fingerprint density at radius 1 is 1.71 bits per heavy atom. The Hall–Kier alpha value is -0.870. The summed E-state index contributed by atoms with van der Waals surface area (Å²) in [5.41, 5.74) is -0.246. The number of halogens is 1. The monoisotopic (exact) mass is 214 g/mol. The van der Waals surface area contributed by atoms with Gasteiger partial charge in [-0.3, -0.25) is 4.79 Å². The van der Waals surface area contributed by atoms with Gasteiger partial charge in [0.25, 0.3) is 5.56 Å². The third-order valence-electron chi connectivity index (χ3n) is 2.30. The second-order valence-electron chi connectivity index (χ2n) is 3.31. The topological polar surface area (TPSA) is 44.1 Å². The average Bonchev–Trinajstić information content (AvgIpc) is 2.66. The van der Waals surface area contributed by atoms with Crippen LogP contribution in [0.25, 0.3) is 0 Å². The quantitative estimate of drug-likeness (QED) is 0.740. The third-order valence-corrected chi connectivity index (χ3v) is 2.56. The minimum atomic E-state index is -0.246. The molecule has 0 spiro atoms. The smallest absolute Gasteiger partial charge is 0.288 e. The average molecular weight is 215 g/mol. The Balaban J connectivity index is 2.16. The summed E-state index contributed by atoms with van der Waals surface area (Å²) in [6.07, 6.45) is 5.38. The lowest BCUT2D eigenvalue weighted by atomic mass is 10.2. The lowest BCUT2D eigenvalue weighted by Gasteiger charge is -2.10. The summed E-state index contributed by atoms with van der Waals surface area (Å²) in [5, 5.41) is 0.0190. The Kier molecular flexibility index (Phi) is 2.84. The zero-order valence-electron chi connectivity index (χ0n) is 7.65. The highest BCUT2D eigenvalue weighted by Gasteiger charge is 2.16. The number of nitrogens with zero attached hydrogens (tertiary/aromatic N) is 2. The molecule has 1 saturated heterocycles. The molecule has 0 saturated carbocycles. The van der Waals surface area contributed by atoms with Gasteiger partial charge in [-0.15, -0.1) is 0 Å². The predicted octanol–water partition coefficient (Wildman–Crippen LogP) is 1.08. The van der Waals surface area contributed by atoms with Gasteiger partial charge in [0.05, 0.1) is 12.6 Å². The van der Waals surface area contributed by atoms with Gasteiger partial charge in [0.2, 0.25) is 0 Å². The van der Waals surface area contributed by atoms with E-state index in [1.807, 2.05) is 0 Å². The molecule has 1 aliphatic rings. The molecule has 0 radical (unpaired) electrons. The first-order valence-corrected chi connectivity index (χ1v) is 4.98. The van der Waals surface area contributed by atoms with Gasteiger partial charge in [-0.05, 0) is 12.8 Å². The zero-order valence-corrected chi connectivity index (χ0v) is 8.41. The molecule has 1 atom stereocenters. The van der Waals surface area contributed by atoms with E-state index < -0.39 is 0 Å². The molecule has 0 aliphatic carbocycles. The summed E-state index contributed by atoms with van der Waals surface area (Å²) in [5.74, 6) is 0. The number of rotatable bonds is 2. The number of hydrogen-bond donors (Lipinski definition) is 0. The summed E-state index contributed by atoms with van der Waals surface area (Å²) in [7, 11) is 0. The van der Waals surface area contributed by atoms with Crippen LogP contribution in [0.5, 0.6) is 0 Å². The van der Waals surface area contributed by atoms with Gasteiger partial charge in [0.15, 0.2) is 5.15 Å². The van der Waals surface area contributed by atoms with E-state index in [2.05, 4.69) is 4.98 Å². The van der Waals surface area contributed by atoms with Crippen LogP contribution >= 0.6 is 11.6 Å². The first-order valence-electron chi connectivity index (χ1n) is 4.60. The van der Waals surface area contributed by atoms with E-state index in [1.54, 1.807) is 10.8 Å². The van der Waals surface area contributed by atoms with Crippen LogP contribution in [0.1, 0.15) is 12.8 Å². The highest BCUT2D eigenvalue weighted by Crippen LogP contribution is 2.13. The van der Waals surface area contributed by atoms with Gasteiger partial charge in [0, 0.05) is 19.0 Å². The Morgan fingerprint density at radius 3 is 3.29 bits per heavy atom. The van der Waals surface area contributed by atoms with Crippen LogP contribution in [0.4, 0.5) is 0 Å². The molecule has 0 amide bonds. The van der Waals surface area contributed by atoms with Crippen LogP contribution in [0.2, 0.25) is 5.15 Å². The molecule has 0 unspecified atom stereocenters. The SMILES string of the molecule is O=c1c(Cl)nccn1C[C@@H]1CCCO1. The third kappa shape index (κ3) is 1.96. The van der Waals surface area contributed by atoms with E-state index in [1.165, 1.54) is 6.20 Å². The molecule has 2 heterocycles. The molecule has 0 N–H and O–H groups in total. The van der Waals surface area contributed by atoms with Crippen molar-refractivity contribution >= 4 is 11.6 Å². The molecule has 2 rings (SSSR count).